The lowest BCUT2D eigenvalue weighted by atomic mass is 10.2. The summed E-state index contributed by atoms with van der Waals surface area (Å²) in [5, 5.41) is 9.23. The standard InChI is InChI=1S/C13H9ClFNO3/c14-9-5-7(15)3-4-8(9)12-16-10(6-1-2-6)11(19-12)13(17)18/h3-6H,1-2H2,(H,17,18). The van der Waals surface area contributed by atoms with Crippen LogP contribution >= 0.6 is 11.6 Å². The van der Waals surface area contributed by atoms with E-state index in [-0.39, 0.29) is 22.6 Å². The van der Waals surface area contributed by atoms with E-state index in [1.165, 1.54) is 12.1 Å². The lowest BCUT2D eigenvalue weighted by Gasteiger charge is -1.98. The highest BCUT2D eigenvalue weighted by molar-refractivity contribution is 6.33. The topological polar surface area (TPSA) is 63.3 Å². The largest absolute Gasteiger partial charge is 0.475 e. The van der Waals surface area contributed by atoms with Gasteiger partial charge in [0.25, 0.3) is 0 Å². The van der Waals surface area contributed by atoms with Crippen LogP contribution in [0.3, 0.4) is 0 Å². The second kappa shape index (κ2) is 4.35. The van der Waals surface area contributed by atoms with Gasteiger partial charge in [-0.3, -0.25) is 0 Å². The molecule has 1 N–H and O–H groups in total. The SMILES string of the molecule is O=C(O)c1oc(-c2ccc(F)cc2Cl)nc1C1CC1. The second-order valence-corrected chi connectivity index (χ2v) is 4.84. The first kappa shape index (κ1) is 12.2. The van der Waals surface area contributed by atoms with Crippen LogP contribution in [-0.4, -0.2) is 16.1 Å². The van der Waals surface area contributed by atoms with Gasteiger partial charge in [0.1, 0.15) is 5.82 Å². The minimum atomic E-state index is -1.15. The summed E-state index contributed by atoms with van der Waals surface area (Å²) in [6.45, 7) is 0. The number of carboxylic acid groups (broad SMARTS) is 1. The summed E-state index contributed by atoms with van der Waals surface area (Å²) in [7, 11) is 0. The molecule has 1 aromatic heterocycles. The lowest BCUT2D eigenvalue weighted by Crippen LogP contribution is -1.98. The highest BCUT2D eigenvalue weighted by Crippen LogP contribution is 2.43. The van der Waals surface area contributed by atoms with Crippen LogP contribution in [0.5, 0.6) is 0 Å². The third-order valence-corrected chi connectivity index (χ3v) is 3.29. The number of rotatable bonds is 3. The molecule has 1 fully saturated rings. The zero-order valence-electron chi connectivity index (χ0n) is 9.69. The molecule has 1 aliphatic carbocycles. The van der Waals surface area contributed by atoms with Gasteiger partial charge in [0, 0.05) is 5.92 Å². The van der Waals surface area contributed by atoms with E-state index >= 15 is 0 Å². The molecular formula is C13H9ClFNO3. The van der Waals surface area contributed by atoms with Crippen LogP contribution in [0.15, 0.2) is 22.6 Å². The Bertz CT molecular complexity index is 664. The van der Waals surface area contributed by atoms with Gasteiger partial charge in [-0.2, -0.15) is 0 Å². The molecule has 0 atom stereocenters. The van der Waals surface area contributed by atoms with Crippen molar-refractivity contribution in [2.75, 3.05) is 0 Å². The number of aromatic carboxylic acids is 1. The molecule has 1 aliphatic rings. The van der Waals surface area contributed by atoms with Gasteiger partial charge in [0.15, 0.2) is 0 Å². The van der Waals surface area contributed by atoms with Gasteiger partial charge in [-0.05, 0) is 31.0 Å². The van der Waals surface area contributed by atoms with E-state index < -0.39 is 11.8 Å². The van der Waals surface area contributed by atoms with E-state index in [0.717, 1.165) is 18.9 Å². The molecule has 19 heavy (non-hydrogen) atoms. The van der Waals surface area contributed by atoms with Gasteiger partial charge in [-0.15, -0.1) is 0 Å². The summed E-state index contributed by atoms with van der Waals surface area (Å²) in [5.74, 6) is -1.52. The Kier molecular flexibility index (Phi) is 2.78. The Morgan fingerprint density at radius 1 is 1.47 bits per heavy atom. The van der Waals surface area contributed by atoms with Crippen molar-refractivity contribution in [3.63, 3.8) is 0 Å². The van der Waals surface area contributed by atoms with E-state index in [0.29, 0.717) is 11.3 Å². The molecule has 0 bridgehead atoms. The van der Waals surface area contributed by atoms with E-state index in [1.54, 1.807) is 0 Å². The highest BCUT2D eigenvalue weighted by atomic mass is 35.5. The molecular weight excluding hydrogens is 273 g/mol. The third kappa shape index (κ3) is 2.21. The zero-order valence-corrected chi connectivity index (χ0v) is 10.4. The van der Waals surface area contributed by atoms with E-state index in [2.05, 4.69) is 4.98 Å². The number of aromatic nitrogens is 1. The van der Waals surface area contributed by atoms with Gasteiger partial charge < -0.3 is 9.52 Å². The van der Waals surface area contributed by atoms with Crippen LogP contribution in [0.25, 0.3) is 11.5 Å². The van der Waals surface area contributed by atoms with Crippen LogP contribution in [-0.2, 0) is 0 Å². The lowest BCUT2D eigenvalue weighted by molar-refractivity contribution is 0.0661. The summed E-state index contributed by atoms with van der Waals surface area (Å²) in [6, 6.07) is 3.78. The van der Waals surface area contributed by atoms with Crippen molar-refractivity contribution in [3.05, 3.63) is 40.5 Å². The fourth-order valence-electron chi connectivity index (χ4n) is 1.90. The number of carboxylic acids is 1. The molecule has 6 heteroatoms. The molecule has 0 unspecified atom stereocenters. The quantitative estimate of drug-likeness (QED) is 0.931. The molecule has 1 heterocycles. The first-order chi connectivity index (χ1) is 9.06. The summed E-state index contributed by atoms with van der Waals surface area (Å²) in [6.07, 6.45) is 1.81. The van der Waals surface area contributed by atoms with E-state index in [4.69, 9.17) is 21.1 Å². The highest BCUT2D eigenvalue weighted by Gasteiger charge is 2.34. The summed E-state index contributed by atoms with van der Waals surface area (Å²) in [4.78, 5) is 15.3. The van der Waals surface area contributed by atoms with Gasteiger partial charge in [0.2, 0.25) is 11.7 Å². The van der Waals surface area contributed by atoms with Crippen LogP contribution in [0.4, 0.5) is 4.39 Å². The molecule has 2 aromatic rings. The van der Waals surface area contributed by atoms with Crippen molar-refractivity contribution in [1.82, 2.24) is 4.98 Å². The zero-order chi connectivity index (χ0) is 13.6. The van der Waals surface area contributed by atoms with Crippen LogP contribution in [0.1, 0.15) is 35.0 Å². The number of hydrogen-bond donors (Lipinski definition) is 1. The normalized spacial score (nSPS) is 14.6. The molecule has 0 saturated heterocycles. The molecule has 0 amide bonds. The molecule has 0 spiro atoms. The van der Waals surface area contributed by atoms with Crippen LogP contribution in [0.2, 0.25) is 5.02 Å². The van der Waals surface area contributed by atoms with Gasteiger partial charge in [-0.1, -0.05) is 11.6 Å². The monoisotopic (exact) mass is 281 g/mol. The van der Waals surface area contributed by atoms with Crippen molar-refractivity contribution >= 4 is 17.6 Å². The maximum Gasteiger partial charge on any atom is 0.373 e. The Labute approximate surface area is 112 Å². The van der Waals surface area contributed by atoms with Gasteiger partial charge in [0.05, 0.1) is 16.3 Å². The summed E-state index contributed by atoms with van der Waals surface area (Å²) >= 11 is 5.91. The number of hydrogen-bond acceptors (Lipinski definition) is 3. The molecule has 0 radical (unpaired) electrons. The predicted molar refractivity (Wildman–Crippen MR) is 65.8 cm³/mol. The number of oxazole rings is 1. The second-order valence-electron chi connectivity index (χ2n) is 4.44. The van der Waals surface area contributed by atoms with E-state index in [1.807, 2.05) is 0 Å². The predicted octanol–water partition coefficient (Wildman–Crippen LogP) is 3.71. The fraction of sp³-hybridized carbons (Fsp3) is 0.231. The molecule has 4 nitrogen and oxygen atoms in total. The minimum absolute atomic E-state index is 0.115. The first-order valence-electron chi connectivity index (χ1n) is 5.75. The number of benzene rings is 1. The van der Waals surface area contributed by atoms with Gasteiger partial charge in [-0.25, -0.2) is 14.2 Å². The third-order valence-electron chi connectivity index (χ3n) is 2.97. The van der Waals surface area contributed by atoms with Crippen molar-refractivity contribution in [1.29, 1.82) is 0 Å². The molecule has 1 saturated carbocycles. The maximum absolute atomic E-state index is 13.0. The van der Waals surface area contributed by atoms with Crippen molar-refractivity contribution in [3.8, 4) is 11.5 Å². The van der Waals surface area contributed by atoms with Crippen LogP contribution < -0.4 is 0 Å². The molecule has 98 valence electrons. The molecule has 3 rings (SSSR count). The van der Waals surface area contributed by atoms with Crippen molar-refractivity contribution in [2.45, 2.75) is 18.8 Å². The molecule has 1 aromatic carbocycles. The number of nitrogens with zero attached hydrogens (tertiary/aromatic N) is 1. The number of carbonyl (C=O) groups is 1. The first-order valence-corrected chi connectivity index (χ1v) is 6.13. The van der Waals surface area contributed by atoms with Gasteiger partial charge >= 0.3 is 5.97 Å². The molecule has 0 aliphatic heterocycles. The average molecular weight is 282 g/mol. The van der Waals surface area contributed by atoms with Crippen molar-refractivity contribution in [2.24, 2.45) is 0 Å². The average Bonchev–Trinajstić information content (AvgIpc) is 3.09. The minimum Gasteiger partial charge on any atom is -0.475 e. The van der Waals surface area contributed by atoms with E-state index in [9.17, 15) is 9.18 Å². The summed E-state index contributed by atoms with van der Waals surface area (Å²) < 4.78 is 18.3. The van der Waals surface area contributed by atoms with Crippen LogP contribution in [0, 0.1) is 5.82 Å². The Balaban J connectivity index is 2.10. The Hall–Kier alpha value is -1.88. The Morgan fingerprint density at radius 2 is 2.21 bits per heavy atom. The number of halogens is 2. The Morgan fingerprint density at radius 3 is 2.79 bits per heavy atom. The maximum atomic E-state index is 13.0. The fourth-order valence-corrected chi connectivity index (χ4v) is 2.14. The summed E-state index contributed by atoms with van der Waals surface area (Å²) in [5.41, 5.74) is 0.834. The van der Waals surface area contributed by atoms with Crippen molar-refractivity contribution < 1.29 is 18.7 Å². The smallest absolute Gasteiger partial charge is 0.373 e.